The number of hydrogen-bond acceptors (Lipinski definition) is 6. The molecule has 8 nitrogen and oxygen atoms in total. The summed E-state index contributed by atoms with van der Waals surface area (Å²) in [7, 11) is 0. The van der Waals surface area contributed by atoms with Crippen LogP contribution in [0, 0.1) is 17.8 Å². The van der Waals surface area contributed by atoms with E-state index in [-0.39, 0.29) is 5.91 Å². The minimum Gasteiger partial charge on any atom is -0.366 e. The third kappa shape index (κ3) is 4.00. The highest BCUT2D eigenvalue weighted by Gasteiger charge is 2.55. The molecule has 3 atom stereocenters. The van der Waals surface area contributed by atoms with Crippen molar-refractivity contribution in [2.75, 3.05) is 24.5 Å². The Morgan fingerprint density at radius 2 is 1.96 bits per heavy atom. The zero-order chi connectivity index (χ0) is 19.5. The van der Waals surface area contributed by atoms with Gasteiger partial charge in [0.15, 0.2) is 0 Å². The van der Waals surface area contributed by atoms with Crippen molar-refractivity contribution in [2.45, 2.75) is 6.42 Å². The van der Waals surface area contributed by atoms with Gasteiger partial charge in [-0.1, -0.05) is 6.07 Å². The molecule has 3 heterocycles. The Morgan fingerprint density at radius 3 is 2.61 bits per heavy atom. The first-order valence-electron chi connectivity index (χ1n) is 9.34. The fourth-order valence-corrected chi connectivity index (χ4v) is 3.92. The predicted octanol–water partition coefficient (Wildman–Crippen LogP) is 0.872. The Hall–Kier alpha value is -3.29. The molecule has 1 unspecified atom stereocenters. The van der Waals surface area contributed by atoms with Crippen LogP contribution in [0.5, 0.6) is 0 Å². The van der Waals surface area contributed by atoms with Gasteiger partial charge in [-0.05, 0) is 41.9 Å². The number of rotatable bonds is 7. The van der Waals surface area contributed by atoms with E-state index in [1.807, 2.05) is 12.1 Å². The normalized spacial score (nSPS) is 22.9. The number of nitrogens with two attached hydrogens (primary N) is 1. The van der Waals surface area contributed by atoms with E-state index < -0.39 is 5.91 Å². The summed E-state index contributed by atoms with van der Waals surface area (Å²) in [4.78, 5) is 37.6. The summed E-state index contributed by atoms with van der Waals surface area (Å²) >= 11 is 0. The molecule has 8 heteroatoms. The molecule has 1 aliphatic carbocycles. The Labute approximate surface area is 162 Å². The number of aromatic nitrogens is 3. The first-order chi connectivity index (χ1) is 13.6. The summed E-state index contributed by atoms with van der Waals surface area (Å²) in [5, 5.41) is 2.95. The number of hydrogen-bond donors (Lipinski definition) is 2. The molecule has 2 aliphatic rings. The smallest absolute Gasteiger partial charge is 0.251 e. The monoisotopic (exact) mass is 378 g/mol. The lowest BCUT2D eigenvalue weighted by Crippen LogP contribution is -2.28. The van der Waals surface area contributed by atoms with Crippen molar-refractivity contribution < 1.29 is 9.59 Å². The van der Waals surface area contributed by atoms with Crippen LogP contribution in [0.4, 0.5) is 5.95 Å². The second-order valence-electron chi connectivity index (χ2n) is 7.23. The standard InChI is InChI=1S/C20H22N6O2/c21-19(28)14-9-24-20(25-10-14)26-11-16-15(17(16)12-26)5-7-23-18(27)4-3-13-2-1-6-22-8-13/h1-4,6,8-10,15-17H,5,7,11-12H2,(H2,21,28)(H,23,27)/b4-3+/t15?,16-,17+. The van der Waals surface area contributed by atoms with E-state index in [4.69, 9.17) is 5.73 Å². The number of amides is 2. The molecule has 0 bridgehead atoms. The molecule has 2 amide bonds. The summed E-state index contributed by atoms with van der Waals surface area (Å²) in [5.74, 6) is 1.94. The Balaban J connectivity index is 1.18. The predicted molar refractivity (Wildman–Crippen MR) is 104 cm³/mol. The average Bonchev–Trinajstić information content (AvgIpc) is 3.16. The van der Waals surface area contributed by atoms with E-state index in [1.165, 1.54) is 12.4 Å². The Kier molecular flexibility index (Phi) is 5.01. The van der Waals surface area contributed by atoms with Crippen LogP contribution < -0.4 is 16.0 Å². The van der Waals surface area contributed by atoms with Gasteiger partial charge in [-0.25, -0.2) is 9.97 Å². The molecule has 2 aromatic rings. The first-order valence-corrected chi connectivity index (χ1v) is 9.34. The van der Waals surface area contributed by atoms with E-state index in [9.17, 15) is 9.59 Å². The van der Waals surface area contributed by atoms with Crippen molar-refractivity contribution in [3.8, 4) is 0 Å². The molecule has 3 N–H and O–H groups in total. The lowest BCUT2D eigenvalue weighted by molar-refractivity contribution is -0.116. The van der Waals surface area contributed by atoms with Gasteiger partial charge in [0.25, 0.3) is 5.91 Å². The van der Waals surface area contributed by atoms with Gasteiger partial charge in [-0.2, -0.15) is 0 Å². The molecular weight excluding hydrogens is 356 g/mol. The number of anilines is 1. The second-order valence-corrected chi connectivity index (χ2v) is 7.23. The van der Waals surface area contributed by atoms with E-state index in [2.05, 4.69) is 25.2 Å². The Morgan fingerprint density at radius 1 is 1.21 bits per heavy atom. The van der Waals surface area contributed by atoms with Gasteiger partial charge in [-0.15, -0.1) is 0 Å². The maximum Gasteiger partial charge on any atom is 0.251 e. The van der Waals surface area contributed by atoms with E-state index in [1.54, 1.807) is 24.5 Å². The summed E-state index contributed by atoms with van der Waals surface area (Å²) in [6.07, 6.45) is 10.6. The molecule has 1 aliphatic heterocycles. The minimum atomic E-state index is -0.520. The molecule has 28 heavy (non-hydrogen) atoms. The summed E-state index contributed by atoms with van der Waals surface area (Å²) < 4.78 is 0. The van der Waals surface area contributed by atoms with Gasteiger partial charge in [0, 0.05) is 50.5 Å². The fraction of sp³-hybridized carbons (Fsp3) is 0.350. The van der Waals surface area contributed by atoms with Crippen LogP contribution in [0.2, 0.25) is 0 Å². The summed E-state index contributed by atoms with van der Waals surface area (Å²) in [6.45, 7) is 2.51. The number of carbonyl (C=O) groups is 2. The molecule has 0 spiro atoms. The highest BCUT2D eigenvalue weighted by atomic mass is 16.1. The maximum atomic E-state index is 11.9. The SMILES string of the molecule is NC(=O)c1cnc(N2C[C@@H]3C(CCNC(=O)/C=C/c4cccnc4)[C@@H]3C2)nc1. The number of primary amides is 1. The number of nitrogens with zero attached hydrogens (tertiary/aromatic N) is 4. The van der Waals surface area contributed by atoms with Crippen LogP contribution in [0.15, 0.2) is 43.0 Å². The van der Waals surface area contributed by atoms with Crippen molar-refractivity contribution in [1.82, 2.24) is 20.3 Å². The number of nitrogens with one attached hydrogen (secondary N) is 1. The molecule has 144 valence electrons. The van der Waals surface area contributed by atoms with E-state index in [0.717, 1.165) is 25.1 Å². The number of fused-ring (bicyclic) bond motifs is 1. The molecule has 2 aromatic heterocycles. The van der Waals surface area contributed by atoms with E-state index >= 15 is 0 Å². The van der Waals surface area contributed by atoms with Gasteiger partial charge < -0.3 is 16.0 Å². The van der Waals surface area contributed by atoms with Crippen LogP contribution in [0.3, 0.4) is 0 Å². The average molecular weight is 378 g/mol. The largest absolute Gasteiger partial charge is 0.366 e. The maximum absolute atomic E-state index is 11.9. The molecule has 1 saturated carbocycles. The van der Waals surface area contributed by atoms with Crippen LogP contribution in [0.25, 0.3) is 6.08 Å². The van der Waals surface area contributed by atoms with Crippen LogP contribution in [0.1, 0.15) is 22.3 Å². The van der Waals surface area contributed by atoms with Gasteiger partial charge in [-0.3, -0.25) is 14.6 Å². The fourth-order valence-electron chi connectivity index (χ4n) is 3.92. The van der Waals surface area contributed by atoms with E-state index in [0.29, 0.717) is 35.8 Å². The zero-order valence-electron chi connectivity index (χ0n) is 15.4. The lowest BCUT2D eigenvalue weighted by Gasteiger charge is -2.19. The van der Waals surface area contributed by atoms with Gasteiger partial charge in [0.1, 0.15) is 0 Å². The topological polar surface area (TPSA) is 114 Å². The van der Waals surface area contributed by atoms with Crippen molar-refractivity contribution >= 4 is 23.8 Å². The van der Waals surface area contributed by atoms with Gasteiger partial charge in [0.05, 0.1) is 5.56 Å². The van der Waals surface area contributed by atoms with Crippen LogP contribution in [-0.2, 0) is 4.79 Å². The molecule has 4 rings (SSSR count). The molecule has 2 fully saturated rings. The Bertz CT molecular complexity index is 871. The lowest BCUT2D eigenvalue weighted by atomic mass is 10.2. The zero-order valence-corrected chi connectivity index (χ0v) is 15.4. The highest BCUT2D eigenvalue weighted by molar-refractivity contribution is 5.92. The van der Waals surface area contributed by atoms with Crippen molar-refractivity contribution in [2.24, 2.45) is 23.5 Å². The first kappa shape index (κ1) is 18.1. The molecular formula is C20H22N6O2. The van der Waals surface area contributed by atoms with Gasteiger partial charge >= 0.3 is 0 Å². The summed E-state index contributed by atoms with van der Waals surface area (Å²) in [5.41, 5.74) is 6.43. The highest BCUT2D eigenvalue weighted by Crippen LogP contribution is 2.53. The van der Waals surface area contributed by atoms with Gasteiger partial charge in [0.2, 0.25) is 11.9 Å². The van der Waals surface area contributed by atoms with Crippen molar-refractivity contribution in [1.29, 1.82) is 0 Å². The summed E-state index contributed by atoms with van der Waals surface area (Å²) in [6, 6.07) is 3.74. The number of carbonyl (C=O) groups excluding carboxylic acids is 2. The quantitative estimate of drug-likeness (QED) is 0.691. The number of piperidine rings is 1. The third-order valence-electron chi connectivity index (χ3n) is 5.47. The molecule has 1 saturated heterocycles. The molecule has 0 aromatic carbocycles. The second kappa shape index (κ2) is 7.75. The number of pyridine rings is 1. The van der Waals surface area contributed by atoms with Crippen LogP contribution >= 0.6 is 0 Å². The van der Waals surface area contributed by atoms with Crippen molar-refractivity contribution in [3.05, 3.63) is 54.1 Å². The van der Waals surface area contributed by atoms with Crippen LogP contribution in [-0.4, -0.2) is 46.4 Å². The molecule has 0 radical (unpaired) electrons. The van der Waals surface area contributed by atoms with Crippen molar-refractivity contribution in [3.63, 3.8) is 0 Å². The minimum absolute atomic E-state index is 0.0840. The third-order valence-corrected chi connectivity index (χ3v) is 5.47.